The number of hydrogen-bond acceptors (Lipinski definition) is 3. The topological polar surface area (TPSA) is 47.6 Å². The fraction of sp³-hybridized carbons (Fsp3) is 0.235. The summed E-state index contributed by atoms with van der Waals surface area (Å²) in [4.78, 5) is 11.8. The number of ether oxygens (including phenoxy) is 2. The molecule has 22 heavy (non-hydrogen) atoms. The number of carbonyl (C=O) groups excluding carboxylic acids is 1. The van der Waals surface area contributed by atoms with Gasteiger partial charge in [-0.15, -0.1) is 0 Å². The molecule has 116 valence electrons. The van der Waals surface area contributed by atoms with Gasteiger partial charge in [0.25, 0.3) is 5.91 Å². The molecule has 2 aromatic rings. The second-order valence-electron chi connectivity index (χ2n) is 4.58. The maximum absolute atomic E-state index is 13.0. The summed E-state index contributed by atoms with van der Waals surface area (Å²) in [5.41, 5.74) is 0.697. The quantitative estimate of drug-likeness (QED) is 0.855. The predicted molar refractivity (Wildman–Crippen MR) is 81.4 cm³/mol. The average molecular weight is 303 g/mol. The third kappa shape index (κ3) is 4.77. The van der Waals surface area contributed by atoms with E-state index in [1.54, 1.807) is 24.3 Å². The lowest BCUT2D eigenvalue weighted by atomic mass is 10.2. The van der Waals surface area contributed by atoms with Crippen LogP contribution in [0.5, 0.6) is 11.5 Å². The molecular weight excluding hydrogens is 285 g/mol. The Kier molecular flexibility index (Phi) is 5.77. The molecule has 0 spiro atoms. The molecule has 0 heterocycles. The van der Waals surface area contributed by atoms with Gasteiger partial charge in [0.15, 0.2) is 18.1 Å². The fourth-order valence-corrected chi connectivity index (χ4v) is 1.89. The van der Waals surface area contributed by atoms with E-state index in [0.29, 0.717) is 23.7 Å². The average Bonchev–Trinajstić information content (AvgIpc) is 2.52. The predicted octanol–water partition coefficient (Wildman–Crippen LogP) is 2.92. The van der Waals surface area contributed by atoms with Crippen LogP contribution in [-0.4, -0.2) is 19.1 Å². The highest BCUT2D eigenvalue weighted by atomic mass is 19.1. The Morgan fingerprint density at radius 3 is 2.50 bits per heavy atom. The van der Waals surface area contributed by atoms with Crippen LogP contribution in [0.15, 0.2) is 48.5 Å². The van der Waals surface area contributed by atoms with E-state index in [2.05, 4.69) is 5.32 Å². The minimum Gasteiger partial charge on any atom is -0.490 e. The molecule has 4 nitrogen and oxygen atoms in total. The van der Waals surface area contributed by atoms with Crippen molar-refractivity contribution in [3.63, 3.8) is 0 Å². The molecule has 0 radical (unpaired) electrons. The van der Waals surface area contributed by atoms with Crippen LogP contribution >= 0.6 is 0 Å². The van der Waals surface area contributed by atoms with Gasteiger partial charge in [-0.1, -0.05) is 24.3 Å². The number of rotatable bonds is 7. The first-order valence-electron chi connectivity index (χ1n) is 7.05. The van der Waals surface area contributed by atoms with E-state index < -0.39 is 0 Å². The summed E-state index contributed by atoms with van der Waals surface area (Å²) in [5, 5.41) is 2.68. The zero-order valence-corrected chi connectivity index (χ0v) is 12.3. The fourth-order valence-electron chi connectivity index (χ4n) is 1.89. The van der Waals surface area contributed by atoms with E-state index in [9.17, 15) is 9.18 Å². The van der Waals surface area contributed by atoms with Crippen LogP contribution < -0.4 is 14.8 Å². The summed E-state index contributed by atoms with van der Waals surface area (Å²) in [6, 6.07) is 13.3. The summed E-state index contributed by atoms with van der Waals surface area (Å²) in [5.74, 6) is 0.511. The van der Waals surface area contributed by atoms with Gasteiger partial charge < -0.3 is 14.8 Å². The maximum Gasteiger partial charge on any atom is 0.258 e. The van der Waals surface area contributed by atoms with Crippen LogP contribution in [0.3, 0.4) is 0 Å². The number of amides is 1. The standard InChI is InChI=1S/C17H18FNO3/c1-2-21-15-8-3-4-9-16(15)22-12-17(20)19-11-13-6-5-7-14(18)10-13/h3-10H,2,11-12H2,1H3,(H,19,20). The van der Waals surface area contributed by atoms with E-state index in [0.717, 1.165) is 0 Å². The Morgan fingerprint density at radius 2 is 1.82 bits per heavy atom. The van der Waals surface area contributed by atoms with Crippen molar-refractivity contribution in [1.29, 1.82) is 0 Å². The second-order valence-corrected chi connectivity index (χ2v) is 4.58. The largest absolute Gasteiger partial charge is 0.490 e. The van der Waals surface area contributed by atoms with Gasteiger partial charge in [0.2, 0.25) is 0 Å². The first kappa shape index (κ1) is 15.8. The Labute approximate surface area is 128 Å². The summed E-state index contributed by atoms with van der Waals surface area (Å²) in [6.07, 6.45) is 0. The molecule has 0 aliphatic heterocycles. The first-order chi connectivity index (χ1) is 10.7. The number of halogens is 1. The number of carbonyl (C=O) groups is 1. The number of nitrogens with one attached hydrogen (secondary N) is 1. The van der Waals surface area contributed by atoms with E-state index in [-0.39, 0.29) is 24.9 Å². The van der Waals surface area contributed by atoms with Crippen LogP contribution in [-0.2, 0) is 11.3 Å². The molecule has 0 aliphatic rings. The maximum atomic E-state index is 13.0. The molecular formula is C17H18FNO3. The van der Waals surface area contributed by atoms with E-state index in [1.165, 1.54) is 12.1 Å². The van der Waals surface area contributed by atoms with Gasteiger partial charge in [-0.2, -0.15) is 0 Å². The third-order valence-corrected chi connectivity index (χ3v) is 2.89. The van der Waals surface area contributed by atoms with Crippen LogP contribution in [0.25, 0.3) is 0 Å². The highest BCUT2D eigenvalue weighted by molar-refractivity contribution is 5.77. The van der Waals surface area contributed by atoms with Gasteiger partial charge in [-0.3, -0.25) is 4.79 Å². The van der Waals surface area contributed by atoms with Crippen molar-refractivity contribution in [2.45, 2.75) is 13.5 Å². The summed E-state index contributed by atoms with van der Waals surface area (Å²) < 4.78 is 23.9. The van der Waals surface area contributed by atoms with Crippen molar-refractivity contribution in [1.82, 2.24) is 5.32 Å². The first-order valence-corrected chi connectivity index (χ1v) is 7.05. The zero-order chi connectivity index (χ0) is 15.8. The minimum atomic E-state index is -0.325. The molecule has 0 atom stereocenters. The lowest BCUT2D eigenvalue weighted by Gasteiger charge is -2.11. The normalized spacial score (nSPS) is 10.1. The molecule has 2 aromatic carbocycles. The van der Waals surface area contributed by atoms with Gasteiger partial charge in [-0.25, -0.2) is 4.39 Å². The molecule has 1 amide bonds. The Hall–Kier alpha value is -2.56. The SMILES string of the molecule is CCOc1ccccc1OCC(=O)NCc1cccc(F)c1. The van der Waals surface area contributed by atoms with Crippen LogP contribution in [0, 0.1) is 5.82 Å². The van der Waals surface area contributed by atoms with Gasteiger partial charge in [0.05, 0.1) is 6.61 Å². The van der Waals surface area contributed by atoms with Crippen LogP contribution in [0.4, 0.5) is 4.39 Å². The molecule has 1 N–H and O–H groups in total. The molecule has 0 aromatic heterocycles. The van der Waals surface area contributed by atoms with Crippen molar-refractivity contribution in [3.8, 4) is 11.5 Å². The number of hydrogen-bond donors (Lipinski definition) is 1. The molecule has 0 bridgehead atoms. The lowest BCUT2D eigenvalue weighted by Crippen LogP contribution is -2.28. The Bertz CT molecular complexity index is 631. The van der Waals surface area contributed by atoms with Gasteiger partial charge >= 0.3 is 0 Å². The van der Waals surface area contributed by atoms with E-state index in [1.807, 2.05) is 19.1 Å². The van der Waals surface area contributed by atoms with Crippen molar-refractivity contribution < 1.29 is 18.7 Å². The van der Waals surface area contributed by atoms with Crippen LogP contribution in [0.1, 0.15) is 12.5 Å². The molecule has 0 aliphatic carbocycles. The molecule has 5 heteroatoms. The van der Waals surface area contributed by atoms with Gasteiger partial charge in [-0.05, 0) is 36.8 Å². The summed E-state index contributed by atoms with van der Waals surface area (Å²) in [6.45, 7) is 2.53. The zero-order valence-electron chi connectivity index (χ0n) is 12.3. The second kappa shape index (κ2) is 8.02. The smallest absolute Gasteiger partial charge is 0.258 e. The van der Waals surface area contributed by atoms with Gasteiger partial charge in [0, 0.05) is 6.54 Å². The minimum absolute atomic E-state index is 0.126. The molecule has 0 saturated carbocycles. The highest BCUT2D eigenvalue weighted by Crippen LogP contribution is 2.26. The Morgan fingerprint density at radius 1 is 1.09 bits per heavy atom. The summed E-state index contributed by atoms with van der Waals surface area (Å²) in [7, 11) is 0. The summed E-state index contributed by atoms with van der Waals surface area (Å²) >= 11 is 0. The highest BCUT2D eigenvalue weighted by Gasteiger charge is 2.07. The van der Waals surface area contributed by atoms with Crippen molar-refractivity contribution in [2.75, 3.05) is 13.2 Å². The van der Waals surface area contributed by atoms with E-state index in [4.69, 9.17) is 9.47 Å². The van der Waals surface area contributed by atoms with Crippen molar-refractivity contribution >= 4 is 5.91 Å². The Balaban J connectivity index is 1.83. The monoisotopic (exact) mass is 303 g/mol. The molecule has 0 saturated heterocycles. The van der Waals surface area contributed by atoms with Crippen molar-refractivity contribution in [2.24, 2.45) is 0 Å². The number of para-hydroxylation sites is 2. The third-order valence-electron chi connectivity index (χ3n) is 2.89. The van der Waals surface area contributed by atoms with Gasteiger partial charge in [0.1, 0.15) is 5.82 Å². The lowest BCUT2D eigenvalue weighted by molar-refractivity contribution is -0.123. The molecule has 0 unspecified atom stereocenters. The molecule has 2 rings (SSSR count). The van der Waals surface area contributed by atoms with Crippen molar-refractivity contribution in [3.05, 3.63) is 59.9 Å². The molecule has 0 fully saturated rings. The number of benzene rings is 2. The van der Waals surface area contributed by atoms with Crippen LogP contribution in [0.2, 0.25) is 0 Å². The van der Waals surface area contributed by atoms with E-state index >= 15 is 0 Å².